The second-order valence-corrected chi connectivity index (χ2v) is 5.75. The molecule has 1 N–H and O–H groups in total. The van der Waals surface area contributed by atoms with Crippen LogP contribution in [0.2, 0.25) is 0 Å². The van der Waals surface area contributed by atoms with E-state index in [1.165, 1.54) is 0 Å². The van der Waals surface area contributed by atoms with Crippen LogP contribution in [0, 0.1) is 5.92 Å². The monoisotopic (exact) mass is 275 g/mol. The third-order valence-corrected chi connectivity index (χ3v) is 4.51. The summed E-state index contributed by atoms with van der Waals surface area (Å²) in [4.78, 5) is 14.1. The SMILES string of the molecule is O=C(Oc1ccccc1)N1CCCC1C1CCCC1O. The second-order valence-electron chi connectivity index (χ2n) is 5.75. The molecule has 3 unspecified atom stereocenters. The van der Waals surface area contributed by atoms with Gasteiger partial charge in [-0.3, -0.25) is 0 Å². The van der Waals surface area contributed by atoms with E-state index >= 15 is 0 Å². The van der Waals surface area contributed by atoms with Gasteiger partial charge in [0.1, 0.15) is 5.75 Å². The maximum Gasteiger partial charge on any atom is 0.415 e. The molecule has 1 aromatic rings. The van der Waals surface area contributed by atoms with Crippen LogP contribution in [-0.4, -0.2) is 34.8 Å². The zero-order valence-corrected chi connectivity index (χ0v) is 11.6. The fraction of sp³-hybridized carbons (Fsp3) is 0.562. The molecule has 0 radical (unpaired) electrons. The average Bonchev–Trinajstić information content (AvgIpc) is 3.07. The molecule has 2 fully saturated rings. The lowest BCUT2D eigenvalue weighted by Crippen LogP contribution is -2.43. The van der Waals surface area contributed by atoms with Crippen LogP contribution in [0.1, 0.15) is 32.1 Å². The highest BCUT2D eigenvalue weighted by molar-refractivity contribution is 5.71. The minimum absolute atomic E-state index is 0.142. The van der Waals surface area contributed by atoms with Gasteiger partial charge in [-0.2, -0.15) is 0 Å². The zero-order chi connectivity index (χ0) is 13.9. The van der Waals surface area contributed by atoms with E-state index in [4.69, 9.17) is 4.74 Å². The van der Waals surface area contributed by atoms with E-state index in [-0.39, 0.29) is 24.2 Å². The molecule has 108 valence electrons. The molecule has 0 aromatic heterocycles. The molecule has 20 heavy (non-hydrogen) atoms. The van der Waals surface area contributed by atoms with Crippen molar-refractivity contribution >= 4 is 6.09 Å². The van der Waals surface area contributed by atoms with Gasteiger partial charge in [0.15, 0.2) is 0 Å². The first-order valence-corrected chi connectivity index (χ1v) is 7.47. The third-order valence-electron chi connectivity index (χ3n) is 4.51. The van der Waals surface area contributed by atoms with Crippen molar-refractivity contribution in [1.29, 1.82) is 0 Å². The highest BCUT2D eigenvalue weighted by Crippen LogP contribution is 2.36. The summed E-state index contributed by atoms with van der Waals surface area (Å²) < 4.78 is 5.43. The van der Waals surface area contributed by atoms with Gasteiger partial charge < -0.3 is 14.7 Å². The molecule has 4 heteroatoms. The molecule has 0 spiro atoms. The van der Waals surface area contributed by atoms with Gasteiger partial charge in [-0.1, -0.05) is 24.6 Å². The average molecular weight is 275 g/mol. The molecule has 1 saturated carbocycles. The molecule has 1 amide bonds. The fourth-order valence-corrected chi connectivity index (χ4v) is 3.53. The van der Waals surface area contributed by atoms with Gasteiger partial charge in [-0.05, 0) is 37.8 Å². The first-order valence-electron chi connectivity index (χ1n) is 7.47. The minimum Gasteiger partial charge on any atom is -0.410 e. The molecule has 1 aliphatic carbocycles. The Balaban J connectivity index is 1.67. The summed E-state index contributed by atoms with van der Waals surface area (Å²) in [5.74, 6) is 0.802. The van der Waals surface area contributed by atoms with Crippen molar-refractivity contribution in [2.24, 2.45) is 5.92 Å². The normalized spacial score (nSPS) is 29.6. The zero-order valence-electron chi connectivity index (χ0n) is 11.6. The summed E-state index contributed by atoms with van der Waals surface area (Å²) in [6.45, 7) is 0.736. The first-order chi connectivity index (χ1) is 9.75. The number of ether oxygens (including phenoxy) is 1. The predicted octanol–water partition coefficient (Wildman–Crippen LogP) is 2.81. The number of rotatable bonds is 2. The molecule has 0 bridgehead atoms. The van der Waals surface area contributed by atoms with Gasteiger partial charge in [0, 0.05) is 18.5 Å². The van der Waals surface area contributed by atoms with E-state index in [1.807, 2.05) is 23.1 Å². The standard InChI is InChI=1S/C16H21NO3/c18-15-10-4-8-13(15)14-9-5-11-17(14)16(19)20-12-6-2-1-3-7-12/h1-3,6-7,13-15,18H,4-5,8-11H2. The summed E-state index contributed by atoms with van der Waals surface area (Å²) in [5.41, 5.74) is 0. The summed E-state index contributed by atoms with van der Waals surface area (Å²) in [6.07, 6.45) is 4.37. The Hall–Kier alpha value is -1.55. The van der Waals surface area contributed by atoms with Crippen LogP contribution in [0.25, 0.3) is 0 Å². The molecule has 3 atom stereocenters. The summed E-state index contributed by atoms with van der Waals surface area (Å²) in [5, 5.41) is 10.1. The number of aliphatic hydroxyl groups is 1. The number of nitrogens with zero attached hydrogens (tertiary/aromatic N) is 1. The van der Waals surface area contributed by atoms with Crippen molar-refractivity contribution in [2.75, 3.05) is 6.54 Å². The van der Waals surface area contributed by atoms with Crippen LogP contribution in [0.4, 0.5) is 4.79 Å². The van der Waals surface area contributed by atoms with Crippen LogP contribution in [-0.2, 0) is 0 Å². The fourth-order valence-electron chi connectivity index (χ4n) is 3.53. The molecular formula is C16H21NO3. The lowest BCUT2D eigenvalue weighted by molar-refractivity contribution is 0.0735. The number of likely N-dealkylation sites (tertiary alicyclic amines) is 1. The molecule has 2 aliphatic rings. The Morgan fingerprint density at radius 3 is 2.65 bits per heavy atom. The Morgan fingerprint density at radius 2 is 1.95 bits per heavy atom. The van der Waals surface area contributed by atoms with Crippen LogP contribution in [0.3, 0.4) is 0 Å². The van der Waals surface area contributed by atoms with E-state index in [0.29, 0.717) is 5.75 Å². The van der Waals surface area contributed by atoms with Gasteiger partial charge in [-0.15, -0.1) is 0 Å². The van der Waals surface area contributed by atoms with E-state index < -0.39 is 0 Å². The Bertz CT molecular complexity index is 462. The highest BCUT2D eigenvalue weighted by Gasteiger charge is 2.40. The Morgan fingerprint density at radius 1 is 1.15 bits per heavy atom. The number of hydrogen-bond donors (Lipinski definition) is 1. The van der Waals surface area contributed by atoms with Crippen molar-refractivity contribution < 1.29 is 14.6 Å². The van der Waals surface area contributed by atoms with Gasteiger partial charge >= 0.3 is 6.09 Å². The lowest BCUT2D eigenvalue weighted by atomic mass is 9.94. The minimum atomic E-state index is -0.280. The number of amides is 1. The Kier molecular flexibility index (Phi) is 3.92. The molecular weight excluding hydrogens is 254 g/mol. The highest BCUT2D eigenvalue weighted by atomic mass is 16.6. The van der Waals surface area contributed by atoms with Gasteiger partial charge in [0.25, 0.3) is 0 Å². The Labute approximate surface area is 119 Å². The first kappa shape index (κ1) is 13.4. The number of carbonyl (C=O) groups excluding carboxylic acids is 1. The number of hydrogen-bond acceptors (Lipinski definition) is 3. The second kappa shape index (κ2) is 5.83. The number of aliphatic hydroxyl groups excluding tert-OH is 1. The molecule has 1 heterocycles. The van der Waals surface area contributed by atoms with Gasteiger partial charge in [0.2, 0.25) is 0 Å². The van der Waals surface area contributed by atoms with E-state index in [9.17, 15) is 9.90 Å². The molecule has 3 rings (SSSR count). The number of para-hydroxylation sites is 1. The van der Waals surface area contributed by atoms with Crippen LogP contribution in [0.15, 0.2) is 30.3 Å². The summed E-state index contributed by atoms with van der Waals surface area (Å²) in [7, 11) is 0. The van der Waals surface area contributed by atoms with Gasteiger partial charge in [0.05, 0.1) is 6.10 Å². The van der Waals surface area contributed by atoms with Gasteiger partial charge in [-0.25, -0.2) is 4.79 Å². The third kappa shape index (κ3) is 2.66. The number of carbonyl (C=O) groups is 1. The lowest BCUT2D eigenvalue weighted by Gasteiger charge is -2.30. The van der Waals surface area contributed by atoms with Crippen molar-refractivity contribution in [3.05, 3.63) is 30.3 Å². The van der Waals surface area contributed by atoms with E-state index in [2.05, 4.69) is 0 Å². The molecule has 1 aliphatic heterocycles. The van der Waals surface area contributed by atoms with Crippen molar-refractivity contribution in [3.63, 3.8) is 0 Å². The van der Waals surface area contributed by atoms with Crippen molar-refractivity contribution in [3.8, 4) is 5.75 Å². The van der Waals surface area contributed by atoms with Crippen LogP contribution < -0.4 is 4.74 Å². The predicted molar refractivity (Wildman–Crippen MR) is 75.5 cm³/mol. The van der Waals surface area contributed by atoms with Crippen molar-refractivity contribution in [1.82, 2.24) is 4.90 Å². The van der Waals surface area contributed by atoms with Crippen LogP contribution in [0.5, 0.6) is 5.75 Å². The topological polar surface area (TPSA) is 49.8 Å². The molecule has 1 aromatic carbocycles. The van der Waals surface area contributed by atoms with E-state index in [1.54, 1.807) is 12.1 Å². The van der Waals surface area contributed by atoms with Crippen molar-refractivity contribution in [2.45, 2.75) is 44.2 Å². The quantitative estimate of drug-likeness (QED) is 0.903. The van der Waals surface area contributed by atoms with E-state index in [0.717, 1.165) is 38.6 Å². The van der Waals surface area contributed by atoms with Crippen LogP contribution >= 0.6 is 0 Å². The number of benzene rings is 1. The maximum absolute atomic E-state index is 12.3. The molecule has 4 nitrogen and oxygen atoms in total. The smallest absolute Gasteiger partial charge is 0.410 e. The summed E-state index contributed by atoms with van der Waals surface area (Å²) in [6, 6.07) is 9.31. The summed E-state index contributed by atoms with van der Waals surface area (Å²) >= 11 is 0. The molecule has 1 saturated heterocycles. The maximum atomic E-state index is 12.3. The largest absolute Gasteiger partial charge is 0.415 e.